The average molecular weight is 344 g/mol. The molecule has 7 nitrogen and oxygen atoms in total. The number of aliphatic hydroxyl groups is 1. The number of hydrogen-bond donors (Lipinski definition) is 2. The molecule has 1 aromatic carbocycles. The van der Waals surface area contributed by atoms with Gasteiger partial charge in [-0.1, -0.05) is 0 Å². The van der Waals surface area contributed by atoms with Crippen LogP contribution in [0.3, 0.4) is 0 Å². The van der Waals surface area contributed by atoms with Gasteiger partial charge in [0.2, 0.25) is 5.91 Å². The normalized spacial score (nSPS) is 17.5. The van der Waals surface area contributed by atoms with E-state index in [2.05, 4.69) is 9.88 Å². The van der Waals surface area contributed by atoms with E-state index in [1.165, 1.54) is 0 Å². The molecule has 3 rings (SSSR count). The monoisotopic (exact) mass is 344 g/mol. The highest BCUT2D eigenvalue weighted by molar-refractivity contribution is 5.83. The van der Waals surface area contributed by atoms with E-state index in [9.17, 15) is 9.90 Å². The Morgan fingerprint density at radius 1 is 1.28 bits per heavy atom. The Kier molecular flexibility index (Phi) is 5.47. The zero-order valence-corrected chi connectivity index (χ0v) is 14.4. The fourth-order valence-electron chi connectivity index (χ4n) is 3.26. The van der Waals surface area contributed by atoms with Gasteiger partial charge >= 0.3 is 0 Å². The standard InChI is InChI=1S/C18H24N4O3/c1-25-13-2-3-16-15(10-13)14(4-5-20-16)17(23)11-21-6-8-22(9-7-21)12-18(19)24/h2-5,10,17,23H,6-9,11-12H2,1H3,(H2,19,24)/t17-/m0/s1. The van der Waals surface area contributed by atoms with Crippen LogP contribution in [0.25, 0.3) is 10.9 Å². The number of ether oxygens (including phenoxy) is 1. The van der Waals surface area contributed by atoms with Crippen LogP contribution in [0.15, 0.2) is 30.5 Å². The number of primary amides is 1. The first kappa shape index (κ1) is 17.6. The minimum Gasteiger partial charge on any atom is -0.497 e. The first-order valence-electron chi connectivity index (χ1n) is 8.40. The third kappa shape index (κ3) is 4.25. The van der Waals surface area contributed by atoms with Gasteiger partial charge in [-0.3, -0.25) is 19.6 Å². The van der Waals surface area contributed by atoms with Gasteiger partial charge in [-0.05, 0) is 29.8 Å². The molecule has 2 heterocycles. The van der Waals surface area contributed by atoms with Gasteiger partial charge in [0.1, 0.15) is 5.75 Å². The highest BCUT2D eigenvalue weighted by Gasteiger charge is 2.21. The lowest BCUT2D eigenvalue weighted by atomic mass is 10.0. The summed E-state index contributed by atoms with van der Waals surface area (Å²) in [5.41, 5.74) is 6.93. The van der Waals surface area contributed by atoms with Crippen molar-refractivity contribution in [2.45, 2.75) is 6.10 Å². The number of rotatable bonds is 6. The summed E-state index contributed by atoms with van der Waals surface area (Å²) >= 11 is 0. The van der Waals surface area contributed by atoms with Crippen LogP contribution < -0.4 is 10.5 Å². The number of amides is 1. The smallest absolute Gasteiger partial charge is 0.231 e. The van der Waals surface area contributed by atoms with Crippen molar-refractivity contribution >= 4 is 16.8 Å². The van der Waals surface area contributed by atoms with Gasteiger partial charge in [0.05, 0.1) is 25.3 Å². The Hall–Kier alpha value is -2.22. The summed E-state index contributed by atoms with van der Waals surface area (Å²) in [4.78, 5) is 19.6. The van der Waals surface area contributed by atoms with Crippen molar-refractivity contribution in [3.8, 4) is 5.75 Å². The Balaban J connectivity index is 1.68. The Labute approximate surface area is 147 Å². The first-order valence-corrected chi connectivity index (χ1v) is 8.40. The van der Waals surface area contributed by atoms with E-state index < -0.39 is 6.10 Å². The molecule has 0 radical (unpaired) electrons. The summed E-state index contributed by atoms with van der Waals surface area (Å²) in [6, 6.07) is 7.53. The van der Waals surface area contributed by atoms with Crippen molar-refractivity contribution in [3.63, 3.8) is 0 Å². The minimum absolute atomic E-state index is 0.297. The number of methoxy groups -OCH3 is 1. The fraction of sp³-hybridized carbons (Fsp3) is 0.444. The van der Waals surface area contributed by atoms with Crippen LogP contribution in [0, 0.1) is 0 Å². The molecule has 1 saturated heterocycles. The second-order valence-electron chi connectivity index (χ2n) is 6.34. The van der Waals surface area contributed by atoms with Crippen molar-refractivity contribution < 1.29 is 14.6 Å². The molecule has 0 bridgehead atoms. The number of carbonyl (C=O) groups is 1. The van der Waals surface area contributed by atoms with Crippen LogP contribution in [0.1, 0.15) is 11.7 Å². The van der Waals surface area contributed by atoms with Crippen LogP contribution in [0.5, 0.6) is 5.75 Å². The fourth-order valence-corrected chi connectivity index (χ4v) is 3.26. The number of hydrogen-bond acceptors (Lipinski definition) is 6. The maximum atomic E-state index is 11.0. The van der Waals surface area contributed by atoms with Gasteiger partial charge in [-0.15, -0.1) is 0 Å². The molecule has 1 aromatic heterocycles. The number of carbonyl (C=O) groups excluding carboxylic acids is 1. The van der Waals surface area contributed by atoms with Gasteiger partial charge in [-0.25, -0.2) is 0 Å². The quantitative estimate of drug-likeness (QED) is 0.787. The molecule has 0 unspecified atom stereocenters. The number of nitrogens with zero attached hydrogens (tertiary/aromatic N) is 3. The molecule has 1 amide bonds. The van der Waals surface area contributed by atoms with Crippen LogP contribution in [-0.4, -0.2) is 72.2 Å². The number of aromatic nitrogens is 1. The molecular formula is C18H24N4O3. The topological polar surface area (TPSA) is 91.9 Å². The molecule has 0 saturated carbocycles. The molecule has 1 fully saturated rings. The molecule has 1 atom stereocenters. The van der Waals surface area contributed by atoms with Crippen LogP contribution in [0.4, 0.5) is 0 Å². The Morgan fingerprint density at radius 3 is 2.68 bits per heavy atom. The predicted molar refractivity (Wildman–Crippen MR) is 95.3 cm³/mol. The van der Waals surface area contributed by atoms with Gasteiger partial charge in [-0.2, -0.15) is 0 Å². The molecule has 1 aliphatic heterocycles. The van der Waals surface area contributed by atoms with Crippen molar-refractivity contribution in [3.05, 3.63) is 36.0 Å². The summed E-state index contributed by atoms with van der Waals surface area (Å²) < 4.78 is 5.29. The molecular weight excluding hydrogens is 320 g/mol. The second kappa shape index (κ2) is 7.77. The molecule has 2 aromatic rings. The molecule has 0 aliphatic carbocycles. The van der Waals surface area contributed by atoms with Gasteiger partial charge in [0.15, 0.2) is 0 Å². The van der Waals surface area contributed by atoms with Gasteiger partial charge in [0.25, 0.3) is 0 Å². The van der Waals surface area contributed by atoms with Crippen molar-refractivity contribution in [1.82, 2.24) is 14.8 Å². The Bertz CT molecular complexity index is 744. The summed E-state index contributed by atoms with van der Waals surface area (Å²) in [6.45, 7) is 4.00. The van der Waals surface area contributed by atoms with Crippen LogP contribution in [0.2, 0.25) is 0 Å². The molecule has 7 heteroatoms. The molecule has 134 valence electrons. The van der Waals surface area contributed by atoms with E-state index in [0.29, 0.717) is 13.1 Å². The highest BCUT2D eigenvalue weighted by Crippen LogP contribution is 2.27. The lowest BCUT2D eigenvalue weighted by Crippen LogP contribution is -2.49. The van der Waals surface area contributed by atoms with E-state index >= 15 is 0 Å². The number of benzene rings is 1. The number of aliphatic hydroxyl groups excluding tert-OH is 1. The third-order valence-corrected chi connectivity index (χ3v) is 4.62. The third-order valence-electron chi connectivity index (χ3n) is 4.62. The lowest BCUT2D eigenvalue weighted by molar-refractivity contribution is -0.119. The number of nitrogens with two attached hydrogens (primary N) is 1. The predicted octanol–water partition coefficient (Wildman–Crippen LogP) is 0.380. The van der Waals surface area contributed by atoms with Crippen LogP contribution >= 0.6 is 0 Å². The largest absolute Gasteiger partial charge is 0.497 e. The summed E-state index contributed by atoms with van der Waals surface area (Å²) in [6.07, 6.45) is 1.11. The minimum atomic E-state index is -0.611. The van der Waals surface area contributed by atoms with Crippen molar-refractivity contribution in [2.75, 3.05) is 46.4 Å². The molecule has 1 aliphatic rings. The van der Waals surface area contributed by atoms with E-state index in [0.717, 1.165) is 48.4 Å². The number of β-amino-alcohol motifs (C(OH)–C–C–N with tert-alkyl or cyclic N) is 1. The van der Waals surface area contributed by atoms with E-state index in [4.69, 9.17) is 10.5 Å². The second-order valence-corrected chi connectivity index (χ2v) is 6.34. The van der Waals surface area contributed by atoms with Crippen molar-refractivity contribution in [2.24, 2.45) is 5.73 Å². The first-order chi connectivity index (χ1) is 12.1. The number of pyridine rings is 1. The molecule has 3 N–H and O–H groups in total. The molecule has 0 spiro atoms. The lowest BCUT2D eigenvalue weighted by Gasteiger charge is -2.35. The van der Waals surface area contributed by atoms with E-state index in [1.54, 1.807) is 13.3 Å². The maximum Gasteiger partial charge on any atom is 0.231 e. The van der Waals surface area contributed by atoms with Gasteiger partial charge < -0.3 is 15.6 Å². The SMILES string of the molecule is COc1ccc2nccc([C@@H](O)CN3CCN(CC(N)=O)CC3)c2c1. The van der Waals surface area contributed by atoms with Crippen molar-refractivity contribution in [1.29, 1.82) is 0 Å². The summed E-state index contributed by atoms with van der Waals surface area (Å²) in [5.74, 6) is 0.444. The molecule has 25 heavy (non-hydrogen) atoms. The highest BCUT2D eigenvalue weighted by atomic mass is 16.5. The van der Waals surface area contributed by atoms with E-state index in [1.807, 2.05) is 29.2 Å². The van der Waals surface area contributed by atoms with E-state index in [-0.39, 0.29) is 5.91 Å². The van der Waals surface area contributed by atoms with Crippen LogP contribution in [-0.2, 0) is 4.79 Å². The number of piperazine rings is 1. The van der Waals surface area contributed by atoms with Gasteiger partial charge in [0, 0.05) is 44.3 Å². The maximum absolute atomic E-state index is 11.0. The zero-order valence-electron chi connectivity index (χ0n) is 14.4. The summed E-state index contributed by atoms with van der Waals surface area (Å²) in [5, 5.41) is 11.7. The number of fused-ring (bicyclic) bond motifs is 1. The zero-order chi connectivity index (χ0) is 17.8. The summed E-state index contributed by atoms with van der Waals surface area (Å²) in [7, 11) is 1.62. The average Bonchev–Trinajstić information content (AvgIpc) is 2.62. The Morgan fingerprint density at radius 2 is 2.00 bits per heavy atom.